The molecule has 14 heavy (non-hydrogen) atoms. The molecule has 0 bridgehead atoms. The molecule has 4 N–H and O–H groups in total. The van der Waals surface area contributed by atoms with Gasteiger partial charge in [0.05, 0.1) is 0 Å². The molecule has 1 aliphatic rings. The van der Waals surface area contributed by atoms with Crippen LogP contribution in [0.1, 0.15) is 37.2 Å². The number of nitrogen functional groups attached to an aromatic ring is 1. The molecule has 1 aromatic rings. The lowest BCUT2D eigenvalue weighted by Gasteiger charge is -2.27. The second-order valence-corrected chi connectivity index (χ2v) is 4.24. The second-order valence-electron chi connectivity index (χ2n) is 4.24. The van der Waals surface area contributed by atoms with E-state index in [9.17, 15) is 0 Å². The molecule has 0 heterocycles. The first kappa shape index (κ1) is 9.53. The Kier molecular flexibility index (Phi) is 2.73. The van der Waals surface area contributed by atoms with Gasteiger partial charge in [-0.15, -0.1) is 0 Å². The van der Waals surface area contributed by atoms with Crippen LogP contribution < -0.4 is 11.5 Å². The maximum Gasteiger partial charge on any atom is 0.0349 e. The highest BCUT2D eigenvalue weighted by atomic mass is 14.6. The van der Waals surface area contributed by atoms with Crippen LogP contribution >= 0.6 is 0 Å². The van der Waals surface area contributed by atoms with Gasteiger partial charge in [0, 0.05) is 11.7 Å². The standard InChI is InChI=1S/C12H18N2/c13-10-7-5-9(6-8-10)11-3-1-2-4-12(11)14/h1-4,9-10H,5-8,13-14H2. The van der Waals surface area contributed by atoms with E-state index in [0.29, 0.717) is 12.0 Å². The predicted molar refractivity (Wildman–Crippen MR) is 60.0 cm³/mol. The van der Waals surface area contributed by atoms with Crippen LogP contribution in [0.4, 0.5) is 5.69 Å². The minimum atomic E-state index is 0.413. The monoisotopic (exact) mass is 190 g/mol. The maximum atomic E-state index is 5.95. The van der Waals surface area contributed by atoms with Gasteiger partial charge in [-0.3, -0.25) is 0 Å². The molecule has 0 spiro atoms. The van der Waals surface area contributed by atoms with Crippen molar-refractivity contribution in [3.63, 3.8) is 0 Å². The van der Waals surface area contributed by atoms with Gasteiger partial charge in [-0.05, 0) is 43.2 Å². The van der Waals surface area contributed by atoms with Crippen LogP contribution in [0.25, 0.3) is 0 Å². The third kappa shape index (κ3) is 1.90. The first-order valence-corrected chi connectivity index (χ1v) is 5.37. The summed E-state index contributed by atoms with van der Waals surface area (Å²) in [6.07, 6.45) is 4.66. The second kappa shape index (κ2) is 4.01. The fourth-order valence-electron chi connectivity index (χ4n) is 2.31. The topological polar surface area (TPSA) is 52.0 Å². The highest BCUT2D eigenvalue weighted by Crippen LogP contribution is 2.34. The molecule has 1 aromatic carbocycles. The summed E-state index contributed by atoms with van der Waals surface area (Å²) in [7, 11) is 0. The normalized spacial score (nSPS) is 27.5. The van der Waals surface area contributed by atoms with E-state index in [4.69, 9.17) is 11.5 Å². The van der Waals surface area contributed by atoms with Crippen LogP contribution in [0, 0.1) is 0 Å². The van der Waals surface area contributed by atoms with Crippen LogP contribution in [-0.4, -0.2) is 6.04 Å². The first-order chi connectivity index (χ1) is 6.77. The zero-order valence-corrected chi connectivity index (χ0v) is 8.45. The zero-order valence-electron chi connectivity index (χ0n) is 8.45. The molecule has 0 saturated heterocycles. The van der Waals surface area contributed by atoms with Gasteiger partial charge in [-0.2, -0.15) is 0 Å². The molecule has 0 atom stereocenters. The summed E-state index contributed by atoms with van der Waals surface area (Å²) in [5, 5.41) is 0. The van der Waals surface area contributed by atoms with Gasteiger partial charge in [0.2, 0.25) is 0 Å². The number of hydrogen-bond acceptors (Lipinski definition) is 2. The largest absolute Gasteiger partial charge is 0.398 e. The highest BCUT2D eigenvalue weighted by molar-refractivity contribution is 5.48. The van der Waals surface area contributed by atoms with E-state index in [1.54, 1.807) is 0 Å². The predicted octanol–water partition coefficient (Wildman–Crippen LogP) is 2.25. The smallest absolute Gasteiger partial charge is 0.0349 e. The molecule has 0 radical (unpaired) electrons. The molecule has 1 fully saturated rings. The van der Waals surface area contributed by atoms with Crippen LogP contribution in [-0.2, 0) is 0 Å². The summed E-state index contributed by atoms with van der Waals surface area (Å²) in [5.41, 5.74) is 14.1. The molecule has 1 aliphatic carbocycles. The molecule has 0 unspecified atom stereocenters. The van der Waals surface area contributed by atoms with Crippen molar-refractivity contribution in [1.29, 1.82) is 0 Å². The van der Waals surface area contributed by atoms with Crippen molar-refractivity contribution >= 4 is 5.69 Å². The Bertz CT molecular complexity index is 301. The third-order valence-corrected chi connectivity index (χ3v) is 3.21. The number of para-hydroxylation sites is 1. The van der Waals surface area contributed by atoms with Crippen LogP contribution in [0.2, 0.25) is 0 Å². The number of anilines is 1. The van der Waals surface area contributed by atoms with E-state index >= 15 is 0 Å². The Balaban J connectivity index is 2.12. The summed E-state index contributed by atoms with van der Waals surface area (Å²) in [6.45, 7) is 0. The summed E-state index contributed by atoms with van der Waals surface area (Å²) < 4.78 is 0. The number of benzene rings is 1. The number of nitrogens with two attached hydrogens (primary N) is 2. The molecule has 2 rings (SSSR count). The molecular formula is C12H18N2. The van der Waals surface area contributed by atoms with Gasteiger partial charge in [0.15, 0.2) is 0 Å². The first-order valence-electron chi connectivity index (χ1n) is 5.37. The lowest BCUT2D eigenvalue weighted by atomic mass is 9.81. The van der Waals surface area contributed by atoms with E-state index in [-0.39, 0.29) is 0 Å². The van der Waals surface area contributed by atoms with Gasteiger partial charge in [-0.25, -0.2) is 0 Å². The molecule has 76 valence electrons. The summed E-state index contributed by atoms with van der Waals surface area (Å²) in [5.74, 6) is 0.635. The van der Waals surface area contributed by atoms with Crippen molar-refractivity contribution in [2.75, 3.05) is 5.73 Å². The Labute approximate surface area is 85.3 Å². The zero-order chi connectivity index (χ0) is 9.97. The van der Waals surface area contributed by atoms with Crippen molar-refractivity contribution in [2.45, 2.75) is 37.6 Å². The van der Waals surface area contributed by atoms with E-state index in [0.717, 1.165) is 18.5 Å². The van der Waals surface area contributed by atoms with Gasteiger partial charge < -0.3 is 11.5 Å². The average Bonchev–Trinajstić information content (AvgIpc) is 2.20. The molecule has 2 heteroatoms. The summed E-state index contributed by atoms with van der Waals surface area (Å²) in [4.78, 5) is 0. The van der Waals surface area contributed by atoms with Crippen molar-refractivity contribution < 1.29 is 0 Å². The lowest BCUT2D eigenvalue weighted by Crippen LogP contribution is -2.25. The molecule has 1 saturated carbocycles. The maximum absolute atomic E-state index is 5.95. The van der Waals surface area contributed by atoms with E-state index < -0.39 is 0 Å². The number of rotatable bonds is 1. The molecule has 0 aromatic heterocycles. The van der Waals surface area contributed by atoms with Gasteiger partial charge in [0.25, 0.3) is 0 Å². The SMILES string of the molecule is Nc1ccccc1C1CCC(N)CC1. The Morgan fingerprint density at radius 3 is 2.29 bits per heavy atom. The Hall–Kier alpha value is -1.02. The van der Waals surface area contributed by atoms with Crippen molar-refractivity contribution in [3.8, 4) is 0 Å². The van der Waals surface area contributed by atoms with Crippen LogP contribution in [0.3, 0.4) is 0 Å². The van der Waals surface area contributed by atoms with E-state index in [1.807, 2.05) is 12.1 Å². The molecule has 0 amide bonds. The van der Waals surface area contributed by atoms with Gasteiger partial charge >= 0.3 is 0 Å². The summed E-state index contributed by atoms with van der Waals surface area (Å²) in [6, 6.07) is 8.62. The van der Waals surface area contributed by atoms with Gasteiger partial charge in [0.1, 0.15) is 0 Å². The van der Waals surface area contributed by atoms with Crippen molar-refractivity contribution in [2.24, 2.45) is 5.73 Å². The third-order valence-electron chi connectivity index (χ3n) is 3.21. The molecule has 2 nitrogen and oxygen atoms in total. The highest BCUT2D eigenvalue weighted by Gasteiger charge is 2.20. The minimum absolute atomic E-state index is 0.413. The van der Waals surface area contributed by atoms with E-state index in [2.05, 4.69) is 12.1 Å². The molecule has 0 aliphatic heterocycles. The van der Waals surface area contributed by atoms with Crippen LogP contribution in [0.15, 0.2) is 24.3 Å². The quantitative estimate of drug-likeness (QED) is 0.667. The fraction of sp³-hybridized carbons (Fsp3) is 0.500. The van der Waals surface area contributed by atoms with Gasteiger partial charge in [-0.1, -0.05) is 18.2 Å². The Morgan fingerprint density at radius 1 is 1.00 bits per heavy atom. The number of hydrogen-bond donors (Lipinski definition) is 2. The lowest BCUT2D eigenvalue weighted by molar-refractivity contribution is 0.396. The Morgan fingerprint density at radius 2 is 1.64 bits per heavy atom. The average molecular weight is 190 g/mol. The minimum Gasteiger partial charge on any atom is -0.398 e. The van der Waals surface area contributed by atoms with Crippen molar-refractivity contribution in [3.05, 3.63) is 29.8 Å². The fourth-order valence-corrected chi connectivity index (χ4v) is 2.31. The summed E-state index contributed by atoms with van der Waals surface area (Å²) >= 11 is 0. The van der Waals surface area contributed by atoms with Crippen molar-refractivity contribution in [1.82, 2.24) is 0 Å². The van der Waals surface area contributed by atoms with E-state index in [1.165, 1.54) is 18.4 Å². The van der Waals surface area contributed by atoms with Crippen LogP contribution in [0.5, 0.6) is 0 Å². The molecular weight excluding hydrogens is 172 g/mol.